The summed E-state index contributed by atoms with van der Waals surface area (Å²) in [4.78, 5) is 66.5. The Morgan fingerprint density at radius 1 is 0.519 bits per heavy atom. The molecule has 6 nitrogen and oxygen atoms in total. The third kappa shape index (κ3) is 4.66. The third-order valence-electron chi connectivity index (χ3n) is 15.6. The lowest BCUT2D eigenvalue weighted by molar-refractivity contribution is -0.123. The minimum absolute atomic E-state index is 0.00874. The van der Waals surface area contributed by atoms with Gasteiger partial charge in [-0.25, -0.2) is 9.98 Å². The summed E-state index contributed by atoms with van der Waals surface area (Å²) >= 11 is 7.14. The van der Waals surface area contributed by atoms with Gasteiger partial charge in [0.2, 0.25) is 0 Å². The predicted molar refractivity (Wildman–Crippen MR) is 221 cm³/mol. The van der Waals surface area contributed by atoms with Crippen LogP contribution in [0.15, 0.2) is 21.7 Å². The number of fused-ring (bicyclic) bond motifs is 12. The zero-order chi connectivity index (χ0) is 36.0. The maximum absolute atomic E-state index is 14.0. The predicted octanol–water partition coefficient (Wildman–Crippen LogP) is 11.4. The van der Waals surface area contributed by atoms with E-state index in [1.807, 2.05) is 22.7 Å². The Balaban J connectivity index is 0.887. The Morgan fingerprint density at radius 3 is 1.57 bits per heavy atom. The lowest BCUT2D eigenvalue weighted by atomic mass is 9.64. The van der Waals surface area contributed by atoms with E-state index >= 15 is 0 Å². The molecule has 10 heteroatoms. The lowest BCUT2D eigenvalue weighted by Gasteiger charge is -2.39. The Labute approximate surface area is 330 Å². The molecule has 0 radical (unpaired) electrons. The largest absolute Gasteiger partial charge is 0.292 e. The number of carbonyl (C=O) groups is 4. The average Bonchev–Trinajstić information content (AvgIpc) is 4.03. The summed E-state index contributed by atoms with van der Waals surface area (Å²) in [6.07, 6.45) is 21.0. The van der Waals surface area contributed by atoms with Crippen molar-refractivity contribution in [3.63, 3.8) is 0 Å². The molecule has 0 saturated heterocycles. The Bertz CT molecular complexity index is 2380. The number of rotatable bonds is 2. The number of aliphatic imine (C=N–C) groups is 2. The van der Waals surface area contributed by atoms with Gasteiger partial charge in [-0.15, -0.1) is 45.3 Å². The number of ketones is 4. The van der Waals surface area contributed by atoms with Gasteiger partial charge in [-0.05, 0) is 74.3 Å². The molecule has 54 heavy (non-hydrogen) atoms. The van der Waals surface area contributed by atoms with Crippen molar-refractivity contribution in [2.75, 3.05) is 0 Å². The molecule has 7 fully saturated rings. The molecule has 7 saturated carbocycles. The molecule has 278 valence electrons. The maximum Gasteiger partial charge on any atom is 0.188 e. The number of thiophene rings is 4. The highest BCUT2D eigenvalue weighted by Gasteiger charge is 2.55. The molecule has 8 aliphatic carbocycles. The van der Waals surface area contributed by atoms with Gasteiger partial charge in [0.1, 0.15) is 10.7 Å². The van der Waals surface area contributed by atoms with Gasteiger partial charge < -0.3 is 0 Å². The number of allylic oxidation sites excluding steroid dienone is 1. The van der Waals surface area contributed by atoms with Gasteiger partial charge in [0, 0.05) is 44.2 Å². The van der Waals surface area contributed by atoms with Crippen molar-refractivity contribution in [1.82, 2.24) is 0 Å². The SMILES string of the molecule is O=C1C(=NC2=Cc3sc4c(sc5c6sc(N=C7C(=O)C8CC9CCCCC9CC8C7=O)cc6sc45)c3C23CCCCC3)C(=O)C2CC3CCCCC3CC12. The van der Waals surface area contributed by atoms with Crippen molar-refractivity contribution < 1.29 is 19.2 Å². The van der Waals surface area contributed by atoms with Crippen molar-refractivity contribution in [3.05, 3.63) is 22.2 Å². The van der Waals surface area contributed by atoms with Crippen molar-refractivity contribution >= 4 is 119 Å². The first-order valence-electron chi connectivity index (χ1n) is 20.8. The van der Waals surface area contributed by atoms with Gasteiger partial charge in [-0.2, -0.15) is 0 Å². The van der Waals surface area contributed by atoms with Crippen molar-refractivity contribution in [2.45, 2.75) is 115 Å². The minimum atomic E-state index is -0.253. The van der Waals surface area contributed by atoms with Crippen LogP contribution in [0.1, 0.15) is 120 Å². The Morgan fingerprint density at radius 2 is 1.02 bits per heavy atom. The first-order chi connectivity index (χ1) is 26.4. The molecule has 8 unspecified atom stereocenters. The molecule has 12 rings (SSSR count). The van der Waals surface area contributed by atoms with Gasteiger partial charge in [0.05, 0.1) is 29.2 Å². The van der Waals surface area contributed by atoms with E-state index < -0.39 is 0 Å². The molecule has 4 aromatic heterocycles. The minimum Gasteiger partial charge on any atom is -0.292 e. The molecule has 0 aliphatic heterocycles. The third-order valence-corrected chi connectivity index (χ3v) is 20.8. The highest BCUT2D eigenvalue weighted by molar-refractivity contribution is 7.45. The van der Waals surface area contributed by atoms with Gasteiger partial charge in [0.15, 0.2) is 28.8 Å². The molecule has 4 aromatic rings. The summed E-state index contributed by atoms with van der Waals surface area (Å²) in [7, 11) is 0. The molecule has 4 heterocycles. The molecule has 0 bridgehead atoms. The molecule has 0 amide bonds. The van der Waals surface area contributed by atoms with Crippen LogP contribution in [0.2, 0.25) is 0 Å². The van der Waals surface area contributed by atoms with Crippen LogP contribution in [0.3, 0.4) is 0 Å². The van der Waals surface area contributed by atoms with Crippen molar-refractivity contribution in [3.8, 4) is 0 Å². The molecule has 0 N–H and O–H groups in total. The van der Waals surface area contributed by atoms with Gasteiger partial charge in [-0.1, -0.05) is 70.6 Å². The number of nitrogens with zero attached hydrogens (tertiary/aromatic N) is 2. The average molecular weight is 793 g/mol. The van der Waals surface area contributed by atoms with Gasteiger partial charge in [0.25, 0.3) is 0 Å². The molecule has 8 atom stereocenters. The summed E-state index contributed by atoms with van der Waals surface area (Å²) < 4.78 is 7.63. The second-order valence-corrected chi connectivity index (χ2v) is 22.3. The molecule has 1 spiro atoms. The summed E-state index contributed by atoms with van der Waals surface area (Å²) in [6, 6.07) is 2.10. The Hall–Kier alpha value is -2.66. The normalized spacial score (nSPS) is 34.5. The first kappa shape index (κ1) is 33.5. The van der Waals surface area contributed by atoms with E-state index in [1.54, 1.807) is 22.7 Å². The van der Waals surface area contributed by atoms with E-state index in [-0.39, 0.29) is 63.6 Å². The zero-order valence-electron chi connectivity index (χ0n) is 30.5. The van der Waals surface area contributed by atoms with Crippen molar-refractivity contribution in [2.24, 2.45) is 57.3 Å². The highest BCUT2D eigenvalue weighted by atomic mass is 32.1. The van der Waals surface area contributed by atoms with Crippen molar-refractivity contribution in [1.29, 1.82) is 0 Å². The number of hydrogen-bond donors (Lipinski definition) is 0. The number of carbonyl (C=O) groups excluding carboxylic acids is 4. The molecule has 8 aliphatic rings. The van der Waals surface area contributed by atoms with E-state index in [0.29, 0.717) is 23.7 Å². The monoisotopic (exact) mass is 792 g/mol. The zero-order valence-corrected chi connectivity index (χ0v) is 33.7. The van der Waals surface area contributed by atoms with Crippen LogP contribution in [0.4, 0.5) is 5.00 Å². The van der Waals surface area contributed by atoms with Crippen LogP contribution in [0.5, 0.6) is 0 Å². The fraction of sp³-hybridized carbons (Fsp3) is 0.591. The van der Waals surface area contributed by atoms with Crippen LogP contribution >= 0.6 is 45.3 Å². The van der Waals surface area contributed by atoms with E-state index in [2.05, 4.69) is 12.1 Å². The quantitative estimate of drug-likeness (QED) is 0.202. The molecular formula is C44H44N2O4S4. The van der Waals surface area contributed by atoms with Gasteiger partial charge >= 0.3 is 0 Å². The van der Waals surface area contributed by atoms with Crippen LogP contribution in [-0.2, 0) is 24.6 Å². The van der Waals surface area contributed by atoms with E-state index in [0.717, 1.165) is 62.1 Å². The fourth-order valence-corrected chi connectivity index (χ4v) is 18.9. The smallest absolute Gasteiger partial charge is 0.188 e. The van der Waals surface area contributed by atoms with E-state index in [4.69, 9.17) is 9.98 Å². The summed E-state index contributed by atoms with van der Waals surface area (Å²) in [5.41, 5.74) is 2.54. The second kappa shape index (κ2) is 12.2. The summed E-state index contributed by atoms with van der Waals surface area (Å²) in [5, 5.41) is 0.766. The van der Waals surface area contributed by atoms with Crippen LogP contribution < -0.4 is 0 Å². The first-order valence-corrected chi connectivity index (χ1v) is 24.1. The fourth-order valence-electron chi connectivity index (χ4n) is 13.0. The van der Waals surface area contributed by atoms with Crippen LogP contribution in [0, 0.1) is 47.3 Å². The summed E-state index contributed by atoms with van der Waals surface area (Å²) in [6.45, 7) is 0. The topological polar surface area (TPSA) is 93.0 Å². The standard InChI is InChI=1S/C44H44N2O4S4/c47-35-24-14-20-8-2-3-9-21(20)15-25(24)36(48)33(35)45-30-18-28-32(44(30)12-6-1-7-13-44)40-42(51-28)43-41(54-40)39-29(52-43)19-31(53-39)46-34-37(49)26-16-22-10-4-5-11-23(22)17-27(26)38(34)50/h18-27H,1-17H2. The number of Topliss-reactive ketones (excluding diaryl/α,β-unsaturated/α-hetero) is 4. The number of hydrogen-bond acceptors (Lipinski definition) is 10. The van der Waals surface area contributed by atoms with Crippen LogP contribution in [-0.4, -0.2) is 34.6 Å². The Kier molecular flexibility index (Phi) is 7.55. The van der Waals surface area contributed by atoms with Crippen LogP contribution in [0.25, 0.3) is 34.3 Å². The summed E-state index contributed by atoms with van der Waals surface area (Å²) in [5.74, 6) is 1.77. The van der Waals surface area contributed by atoms with E-state index in [1.165, 1.54) is 96.4 Å². The van der Waals surface area contributed by atoms with E-state index in [9.17, 15) is 19.2 Å². The lowest BCUT2D eigenvalue weighted by Crippen LogP contribution is -2.35. The second-order valence-electron chi connectivity index (χ2n) is 18.2. The molecule has 0 aromatic carbocycles. The highest BCUT2D eigenvalue weighted by Crippen LogP contribution is 2.61. The maximum atomic E-state index is 14.0. The van der Waals surface area contributed by atoms with Gasteiger partial charge in [-0.3, -0.25) is 19.2 Å². The molecular weight excluding hydrogens is 749 g/mol.